The lowest BCUT2D eigenvalue weighted by Gasteiger charge is -2.11. The highest BCUT2D eigenvalue weighted by molar-refractivity contribution is 9.10. The van der Waals surface area contributed by atoms with E-state index in [1.54, 1.807) is 6.07 Å². The Kier molecular flexibility index (Phi) is 3.60. The normalized spacial score (nSPS) is 12.3. The van der Waals surface area contributed by atoms with Gasteiger partial charge in [-0.3, -0.25) is 4.79 Å². The standard InChI is InChI=1S/C9H10BrFN2O/c1-13-9(14)8(12)6-4-5(10)2-3-7(6)11/h2-4,8H,12H2,1H3,(H,13,14). The molecule has 0 saturated heterocycles. The van der Waals surface area contributed by atoms with Gasteiger partial charge in [0.15, 0.2) is 0 Å². The monoisotopic (exact) mass is 260 g/mol. The summed E-state index contributed by atoms with van der Waals surface area (Å²) in [6, 6.07) is 3.34. The first-order valence-corrected chi connectivity index (χ1v) is 4.77. The van der Waals surface area contributed by atoms with Crippen molar-refractivity contribution in [2.45, 2.75) is 6.04 Å². The molecule has 0 aliphatic rings. The molecule has 0 aromatic heterocycles. The Morgan fingerprint density at radius 3 is 2.86 bits per heavy atom. The Balaban J connectivity index is 3.05. The second kappa shape index (κ2) is 4.52. The van der Waals surface area contributed by atoms with E-state index in [2.05, 4.69) is 21.2 Å². The first kappa shape index (κ1) is 11.1. The number of nitrogens with two attached hydrogens (primary N) is 1. The van der Waals surface area contributed by atoms with Gasteiger partial charge in [-0.05, 0) is 18.2 Å². The molecule has 1 unspecified atom stereocenters. The molecule has 3 N–H and O–H groups in total. The molecule has 14 heavy (non-hydrogen) atoms. The van der Waals surface area contributed by atoms with Crippen LogP contribution in [0.15, 0.2) is 22.7 Å². The van der Waals surface area contributed by atoms with Crippen LogP contribution in [0.4, 0.5) is 4.39 Å². The first-order valence-electron chi connectivity index (χ1n) is 3.98. The molecule has 1 aromatic carbocycles. The van der Waals surface area contributed by atoms with Crippen LogP contribution in [0.3, 0.4) is 0 Å². The van der Waals surface area contributed by atoms with Gasteiger partial charge >= 0.3 is 0 Å². The summed E-state index contributed by atoms with van der Waals surface area (Å²) in [5, 5.41) is 2.36. The summed E-state index contributed by atoms with van der Waals surface area (Å²) in [7, 11) is 1.46. The highest BCUT2D eigenvalue weighted by atomic mass is 79.9. The molecule has 76 valence electrons. The van der Waals surface area contributed by atoms with E-state index in [4.69, 9.17) is 5.73 Å². The third kappa shape index (κ3) is 2.30. The minimum Gasteiger partial charge on any atom is -0.358 e. The van der Waals surface area contributed by atoms with Crippen LogP contribution in [0.5, 0.6) is 0 Å². The predicted molar refractivity (Wildman–Crippen MR) is 55.1 cm³/mol. The van der Waals surface area contributed by atoms with Crippen molar-refractivity contribution in [1.82, 2.24) is 5.32 Å². The molecule has 0 heterocycles. The van der Waals surface area contributed by atoms with Gasteiger partial charge in [-0.15, -0.1) is 0 Å². The van der Waals surface area contributed by atoms with Crippen LogP contribution in [0.1, 0.15) is 11.6 Å². The number of hydrogen-bond acceptors (Lipinski definition) is 2. The molecule has 3 nitrogen and oxygen atoms in total. The molecule has 0 radical (unpaired) electrons. The Morgan fingerprint density at radius 2 is 2.29 bits per heavy atom. The summed E-state index contributed by atoms with van der Waals surface area (Å²) >= 11 is 3.18. The van der Waals surface area contributed by atoms with Crippen molar-refractivity contribution in [2.24, 2.45) is 5.73 Å². The molecule has 0 fully saturated rings. The number of likely N-dealkylation sites (N-methyl/N-ethyl adjacent to an activating group) is 1. The van der Waals surface area contributed by atoms with E-state index in [9.17, 15) is 9.18 Å². The fraction of sp³-hybridized carbons (Fsp3) is 0.222. The Labute approximate surface area is 89.6 Å². The Bertz CT molecular complexity index is 357. The van der Waals surface area contributed by atoms with Crippen LogP contribution in [-0.2, 0) is 4.79 Å². The highest BCUT2D eigenvalue weighted by Gasteiger charge is 2.18. The van der Waals surface area contributed by atoms with Gasteiger partial charge in [0.1, 0.15) is 11.9 Å². The summed E-state index contributed by atoms with van der Waals surface area (Å²) < 4.78 is 13.9. The van der Waals surface area contributed by atoms with Gasteiger partial charge in [0.05, 0.1) is 0 Å². The number of rotatable bonds is 2. The molecule has 1 amide bonds. The molecule has 1 aromatic rings. The number of carbonyl (C=O) groups excluding carboxylic acids is 1. The van der Waals surface area contributed by atoms with Gasteiger partial charge in [0.2, 0.25) is 5.91 Å². The number of amides is 1. The minimum atomic E-state index is -0.975. The molecular formula is C9H10BrFN2O. The predicted octanol–water partition coefficient (Wildman–Crippen LogP) is 1.33. The van der Waals surface area contributed by atoms with Crippen molar-refractivity contribution in [2.75, 3.05) is 7.05 Å². The number of nitrogens with one attached hydrogen (secondary N) is 1. The van der Waals surface area contributed by atoms with Gasteiger partial charge in [-0.2, -0.15) is 0 Å². The van der Waals surface area contributed by atoms with E-state index < -0.39 is 17.8 Å². The zero-order chi connectivity index (χ0) is 10.7. The Morgan fingerprint density at radius 1 is 1.64 bits per heavy atom. The topological polar surface area (TPSA) is 55.1 Å². The molecule has 0 aliphatic carbocycles. The summed E-state index contributed by atoms with van der Waals surface area (Å²) in [4.78, 5) is 11.2. The SMILES string of the molecule is CNC(=O)C(N)c1cc(Br)ccc1F. The molecule has 0 aliphatic heterocycles. The highest BCUT2D eigenvalue weighted by Crippen LogP contribution is 2.20. The van der Waals surface area contributed by atoms with E-state index in [0.717, 1.165) is 0 Å². The first-order chi connectivity index (χ1) is 6.56. The van der Waals surface area contributed by atoms with Crippen molar-refractivity contribution in [1.29, 1.82) is 0 Å². The van der Waals surface area contributed by atoms with Crippen molar-refractivity contribution >= 4 is 21.8 Å². The maximum atomic E-state index is 13.2. The fourth-order valence-corrected chi connectivity index (χ4v) is 1.43. The quantitative estimate of drug-likeness (QED) is 0.843. The van der Waals surface area contributed by atoms with E-state index in [-0.39, 0.29) is 5.56 Å². The third-order valence-corrected chi connectivity index (χ3v) is 2.32. The molecule has 5 heteroatoms. The zero-order valence-electron chi connectivity index (χ0n) is 7.55. The molecule has 0 bridgehead atoms. The van der Waals surface area contributed by atoms with Gasteiger partial charge in [0.25, 0.3) is 0 Å². The summed E-state index contributed by atoms with van der Waals surface area (Å²) in [5.74, 6) is -0.897. The lowest BCUT2D eigenvalue weighted by atomic mass is 10.1. The number of carbonyl (C=O) groups is 1. The average Bonchev–Trinajstić information content (AvgIpc) is 2.19. The van der Waals surface area contributed by atoms with E-state index in [0.29, 0.717) is 4.47 Å². The van der Waals surface area contributed by atoms with E-state index in [1.807, 2.05) is 0 Å². The molecule has 1 atom stereocenters. The van der Waals surface area contributed by atoms with Crippen molar-refractivity contribution in [3.05, 3.63) is 34.1 Å². The summed E-state index contributed by atoms with van der Waals surface area (Å²) in [6.45, 7) is 0. The van der Waals surface area contributed by atoms with Gasteiger partial charge in [0, 0.05) is 17.1 Å². The van der Waals surface area contributed by atoms with Gasteiger partial charge in [-0.25, -0.2) is 4.39 Å². The fourth-order valence-electron chi connectivity index (χ4n) is 1.05. The van der Waals surface area contributed by atoms with E-state index in [1.165, 1.54) is 19.2 Å². The lowest BCUT2D eigenvalue weighted by Crippen LogP contribution is -2.32. The van der Waals surface area contributed by atoms with Crippen LogP contribution >= 0.6 is 15.9 Å². The molecule has 0 spiro atoms. The van der Waals surface area contributed by atoms with Gasteiger partial charge < -0.3 is 11.1 Å². The number of benzene rings is 1. The van der Waals surface area contributed by atoms with Crippen LogP contribution in [0.2, 0.25) is 0 Å². The van der Waals surface area contributed by atoms with Crippen LogP contribution in [0.25, 0.3) is 0 Å². The van der Waals surface area contributed by atoms with E-state index >= 15 is 0 Å². The second-order valence-corrected chi connectivity index (χ2v) is 3.67. The average molecular weight is 261 g/mol. The van der Waals surface area contributed by atoms with Crippen molar-refractivity contribution in [3.8, 4) is 0 Å². The summed E-state index contributed by atoms with van der Waals surface area (Å²) in [6.07, 6.45) is 0. The van der Waals surface area contributed by atoms with Crippen LogP contribution < -0.4 is 11.1 Å². The number of halogens is 2. The van der Waals surface area contributed by atoms with Gasteiger partial charge in [-0.1, -0.05) is 15.9 Å². The largest absolute Gasteiger partial charge is 0.358 e. The maximum absolute atomic E-state index is 13.2. The van der Waals surface area contributed by atoms with Crippen molar-refractivity contribution in [3.63, 3.8) is 0 Å². The lowest BCUT2D eigenvalue weighted by molar-refractivity contribution is -0.122. The number of hydrogen-bond donors (Lipinski definition) is 2. The molecule has 0 saturated carbocycles. The summed E-state index contributed by atoms with van der Waals surface area (Å²) in [5.41, 5.74) is 5.73. The Hall–Kier alpha value is -0.940. The van der Waals surface area contributed by atoms with Crippen molar-refractivity contribution < 1.29 is 9.18 Å². The van der Waals surface area contributed by atoms with Crippen LogP contribution in [0, 0.1) is 5.82 Å². The molecular weight excluding hydrogens is 251 g/mol. The molecule has 1 rings (SSSR count). The smallest absolute Gasteiger partial charge is 0.241 e. The second-order valence-electron chi connectivity index (χ2n) is 2.76. The zero-order valence-corrected chi connectivity index (χ0v) is 9.14. The maximum Gasteiger partial charge on any atom is 0.241 e. The third-order valence-electron chi connectivity index (χ3n) is 1.82. The minimum absolute atomic E-state index is 0.179. The van der Waals surface area contributed by atoms with Crippen LogP contribution in [-0.4, -0.2) is 13.0 Å².